The van der Waals surface area contributed by atoms with Gasteiger partial charge in [-0.1, -0.05) is 38.1 Å². The van der Waals surface area contributed by atoms with E-state index >= 15 is 0 Å². The molecule has 0 spiro atoms. The van der Waals surface area contributed by atoms with Gasteiger partial charge in [0.15, 0.2) is 0 Å². The number of amides is 2. The van der Waals surface area contributed by atoms with Gasteiger partial charge < -0.3 is 19.9 Å². The average molecular weight is 523 g/mol. The lowest BCUT2D eigenvalue weighted by Crippen LogP contribution is -2.62. The number of hydrogen-bond donors (Lipinski definition) is 1. The molecule has 5 rings (SSSR count). The van der Waals surface area contributed by atoms with Crippen LogP contribution in [-0.4, -0.2) is 85.7 Å². The van der Waals surface area contributed by atoms with E-state index in [4.69, 9.17) is 4.74 Å². The standard InChI is InChI=1S/C30H39FN4O3/c1-20-14-33(25(13-32-20)16-34-15-21(2)38-18-29(34)37)17-28(36)35-19-30(3,4)26-10-7-23(12-27(26)35)11-22-5-8-24(31)9-6-22/h5-10,12,20-21,25,32H,11,13-19H2,1-4H3/t20-,21+,25-/m1/s1. The van der Waals surface area contributed by atoms with E-state index in [0.717, 1.165) is 29.9 Å². The van der Waals surface area contributed by atoms with Crippen LogP contribution >= 0.6 is 0 Å². The Hall–Kier alpha value is -2.81. The number of carbonyl (C=O) groups excluding carboxylic acids is 2. The van der Waals surface area contributed by atoms with E-state index < -0.39 is 0 Å². The first-order valence-electron chi connectivity index (χ1n) is 13.6. The molecule has 0 aliphatic carbocycles. The molecule has 3 aliphatic heterocycles. The van der Waals surface area contributed by atoms with Crippen molar-refractivity contribution in [3.63, 3.8) is 0 Å². The summed E-state index contributed by atoms with van der Waals surface area (Å²) in [5.74, 6) is -0.150. The predicted molar refractivity (Wildman–Crippen MR) is 146 cm³/mol. The summed E-state index contributed by atoms with van der Waals surface area (Å²) in [6, 6.07) is 13.3. The first kappa shape index (κ1) is 26.8. The fourth-order valence-electron chi connectivity index (χ4n) is 5.97. The molecule has 2 fully saturated rings. The van der Waals surface area contributed by atoms with Crippen molar-refractivity contribution in [1.29, 1.82) is 0 Å². The molecule has 8 heteroatoms. The second kappa shape index (κ2) is 10.8. The number of piperazine rings is 1. The molecule has 1 N–H and O–H groups in total. The van der Waals surface area contributed by atoms with Crippen LogP contribution < -0.4 is 10.2 Å². The van der Waals surface area contributed by atoms with Gasteiger partial charge in [-0.25, -0.2) is 4.39 Å². The fourth-order valence-corrected chi connectivity index (χ4v) is 5.97. The van der Waals surface area contributed by atoms with Crippen LogP contribution in [0.1, 0.15) is 44.4 Å². The number of ether oxygens (including phenoxy) is 1. The van der Waals surface area contributed by atoms with Crippen molar-refractivity contribution in [2.45, 2.75) is 57.7 Å². The van der Waals surface area contributed by atoms with E-state index in [-0.39, 0.29) is 47.8 Å². The van der Waals surface area contributed by atoms with Gasteiger partial charge in [0.2, 0.25) is 11.8 Å². The molecular formula is C30H39FN4O3. The maximum absolute atomic E-state index is 13.9. The summed E-state index contributed by atoms with van der Waals surface area (Å²) in [7, 11) is 0. The normalized spacial score (nSPS) is 25.5. The van der Waals surface area contributed by atoms with E-state index in [2.05, 4.69) is 49.2 Å². The molecule has 2 aromatic carbocycles. The summed E-state index contributed by atoms with van der Waals surface area (Å²) in [6.07, 6.45) is 0.699. The maximum atomic E-state index is 13.9. The zero-order valence-corrected chi connectivity index (χ0v) is 22.9. The molecule has 0 radical (unpaired) electrons. The third-order valence-corrected chi connectivity index (χ3v) is 8.08. The van der Waals surface area contributed by atoms with Crippen molar-refractivity contribution in [3.8, 4) is 0 Å². The van der Waals surface area contributed by atoms with Crippen molar-refractivity contribution in [1.82, 2.24) is 15.1 Å². The van der Waals surface area contributed by atoms with Gasteiger partial charge in [0.05, 0.1) is 12.6 Å². The van der Waals surface area contributed by atoms with Gasteiger partial charge >= 0.3 is 0 Å². The Kier molecular flexibility index (Phi) is 7.58. The van der Waals surface area contributed by atoms with Crippen LogP contribution in [0.4, 0.5) is 10.1 Å². The monoisotopic (exact) mass is 522 g/mol. The molecule has 0 unspecified atom stereocenters. The van der Waals surface area contributed by atoms with Gasteiger partial charge in [-0.15, -0.1) is 0 Å². The Morgan fingerprint density at radius 3 is 2.61 bits per heavy atom. The van der Waals surface area contributed by atoms with Crippen molar-refractivity contribution in [3.05, 3.63) is 65.0 Å². The summed E-state index contributed by atoms with van der Waals surface area (Å²) in [4.78, 5) is 32.4. The molecule has 3 heterocycles. The highest BCUT2D eigenvalue weighted by atomic mass is 19.1. The highest BCUT2D eigenvalue weighted by Gasteiger charge is 2.40. The molecule has 2 aromatic rings. The Morgan fingerprint density at radius 2 is 1.84 bits per heavy atom. The number of halogens is 1. The predicted octanol–water partition coefficient (Wildman–Crippen LogP) is 2.95. The van der Waals surface area contributed by atoms with E-state index in [1.807, 2.05) is 16.7 Å². The van der Waals surface area contributed by atoms with Crippen molar-refractivity contribution in [2.75, 3.05) is 50.8 Å². The molecule has 0 bridgehead atoms. The summed E-state index contributed by atoms with van der Waals surface area (Å²) < 4.78 is 18.9. The van der Waals surface area contributed by atoms with E-state index in [1.54, 1.807) is 12.1 Å². The molecule has 3 atom stereocenters. The van der Waals surface area contributed by atoms with E-state index in [1.165, 1.54) is 17.7 Å². The smallest absolute Gasteiger partial charge is 0.248 e. The minimum atomic E-state index is -0.241. The van der Waals surface area contributed by atoms with Gasteiger partial charge in [0.25, 0.3) is 0 Å². The molecule has 38 heavy (non-hydrogen) atoms. The minimum absolute atomic E-state index is 0.0110. The average Bonchev–Trinajstić information content (AvgIpc) is 3.14. The molecule has 204 valence electrons. The van der Waals surface area contributed by atoms with Crippen molar-refractivity contribution >= 4 is 17.5 Å². The first-order valence-corrected chi connectivity index (χ1v) is 13.6. The highest BCUT2D eigenvalue weighted by molar-refractivity contribution is 5.97. The van der Waals surface area contributed by atoms with Gasteiger partial charge in [-0.3, -0.25) is 14.5 Å². The Labute approximate surface area is 224 Å². The van der Waals surface area contributed by atoms with Crippen LogP contribution in [0.3, 0.4) is 0 Å². The zero-order chi connectivity index (χ0) is 27.0. The van der Waals surface area contributed by atoms with Gasteiger partial charge in [0.1, 0.15) is 12.4 Å². The molecule has 7 nitrogen and oxygen atoms in total. The minimum Gasteiger partial charge on any atom is -0.367 e. The highest BCUT2D eigenvalue weighted by Crippen LogP contribution is 2.41. The van der Waals surface area contributed by atoms with Crippen molar-refractivity contribution < 1.29 is 18.7 Å². The van der Waals surface area contributed by atoms with Gasteiger partial charge in [0, 0.05) is 55.9 Å². The van der Waals surface area contributed by atoms with Gasteiger partial charge in [-0.2, -0.15) is 0 Å². The Bertz CT molecular complexity index is 1180. The Balaban J connectivity index is 1.33. The number of nitrogens with one attached hydrogen (secondary N) is 1. The molecule has 3 aliphatic rings. The fraction of sp³-hybridized carbons (Fsp3) is 0.533. The zero-order valence-electron chi connectivity index (χ0n) is 22.9. The quantitative estimate of drug-likeness (QED) is 0.632. The summed E-state index contributed by atoms with van der Waals surface area (Å²) in [5, 5.41) is 3.52. The molecular weight excluding hydrogens is 483 g/mol. The molecule has 2 saturated heterocycles. The van der Waals surface area contributed by atoms with Crippen LogP contribution in [0.5, 0.6) is 0 Å². The topological polar surface area (TPSA) is 65.1 Å². The third-order valence-electron chi connectivity index (χ3n) is 8.08. The van der Waals surface area contributed by atoms with Crippen LogP contribution in [0.2, 0.25) is 0 Å². The van der Waals surface area contributed by atoms with Crippen LogP contribution in [0.25, 0.3) is 0 Å². The second-order valence-corrected chi connectivity index (χ2v) is 11.8. The molecule has 0 aromatic heterocycles. The number of carbonyl (C=O) groups is 2. The summed E-state index contributed by atoms with van der Waals surface area (Å²) in [5.41, 5.74) is 4.13. The Morgan fingerprint density at radius 1 is 1.11 bits per heavy atom. The van der Waals surface area contributed by atoms with Crippen LogP contribution in [0.15, 0.2) is 42.5 Å². The number of hydrogen-bond acceptors (Lipinski definition) is 5. The largest absolute Gasteiger partial charge is 0.367 e. The SMILES string of the molecule is C[C@@H]1CN(CC(=O)N2CC(C)(C)c3ccc(Cc4ccc(F)cc4)cc32)[C@@H](CN2C[C@H](C)OCC2=O)CN1. The number of morpholine rings is 1. The third kappa shape index (κ3) is 5.77. The van der Waals surface area contributed by atoms with Crippen molar-refractivity contribution in [2.24, 2.45) is 0 Å². The second-order valence-electron chi connectivity index (χ2n) is 11.8. The first-order chi connectivity index (χ1) is 18.1. The van der Waals surface area contributed by atoms with E-state index in [9.17, 15) is 14.0 Å². The van der Waals surface area contributed by atoms with Gasteiger partial charge in [-0.05, 0) is 55.2 Å². The number of nitrogens with zero attached hydrogens (tertiary/aromatic N) is 3. The lowest BCUT2D eigenvalue weighted by molar-refractivity contribution is -0.149. The lowest BCUT2D eigenvalue weighted by Gasteiger charge is -2.43. The summed E-state index contributed by atoms with van der Waals surface area (Å²) >= 11 is 0. The van der Waals surface area contributed by atoms with Crippen LogP contribution in [0, 0.1) is 5.82 Å². The summed E-state index contributed by atoms with van der Waals surface area (Å²) in [6.45, 7) is 12.2. The van der Waals surface area contributed by atoms with Crippen LogP contribution in [-0.2, 0) is 26.2 Å². The molecule has 0 saturated carbocycles. The molecule has 2 amide bonds. The lowest BCUT2D eigenvalue weighted by atomic mass is 9.86. The van der Waals surface area contributed by atoms with E-state index in [0.29, 0.717) is 32.6 Å². The number of anilines is 1. The number of rotatable bonds is 6. The maximum Gasteiger partial charge on any atom is 0.248 e. The number of fused-ring (bicyclic) bond motifs is 1. The number of benzene rings is 2.